The van der Waals surface area contributed by atoms with Gasteiger partial charge in [-0.05, 0) is 51.6 Å². The fraction of sp³-hybridized carbons (Fsp3) is 0.733. The van der Waals surface area contributed by atoms with Crippen LogP contribution in [-0.4, -0.2) is 47.6 Å². The minimum atomic E-state index is 0.721. The van der Waals surface area contributed by atoms with Gasteiger partial charge in [-0.15, -0.1) is 0 Å². The van der Waals surface area contributed by atoms with Crippen LogP contribution < -0.4 is 16.2 Å². The summed E-state index contributed by atoms with van der Waals surface area (Å²) in [5.41, 5.74) is 3.69. The zero-order chi connectivity index (χ0) is 14.7. The van der Waals surface area contributed by atoms with Crippen molar-refractivity contribution in [2.45, 2.75) is 32.6 Å². The first kappa shape index (κ1) is 14.5. The van der Waals surface area contributed by atoms with Crippen molar-refractivity contribution >= 4 is 11.6 Å². The molecule has 2 aliphatic heterocycles. The molecule has 2 aliphatic rings. The molecule has 0 atom stereocenters. The van der Waals surface area contributed by atoms with Crippen molar-refractivity contribution in [2.75, 3.05) is 43.0 Å². The van der Waals surface area contributed by atoms with E-state index in [2.05, 4.69) is 25.2 Å². The first-order valence-corrected chi connectivity index (χ1v) is 8.03. The first-order chi connectivity index (χ1) is 10.3. The number of nitrogens with two attached hydrogens (primary N) is 1. The lowest BCUT2D eigenvalue weighted by molar-refractivity contribution is 0.249. The van der Waals surface area contributed by atoms with Crippen molar-refractivity contribution in [2.24, 2.45) is 11.8 Å². The van der Waals surface area contributed by atoms with Gasteiger partial charge >= 0.3 is 0 Å². The van der Waals surface area contributed by atoms with Crippen LogP contribution in [0, 0.1) is 12.8 Å². The molecule has 6 nitrogen and oxygen atoms in total. The van der Waals surface area contributed by atoms with Gasteiger partial charge in [-0.25, -0.2) is 15.8 Å². The first-order valence-electron chi connectivity index (χ1n) is 8.03. The summed E-state index contributed by atoms with van der Waals surface area (Å²) >= 11 is 0. The second-order valence-electron chi connectivity index (χ2n) is 6.25. The Bertz CT molecular complexity index is 463. The second kappa shape index (κ2) is 6.58. The maximum Gasteiger partial charge on any atom is 0.148 e. The van der Waals surface area contributed by atoms with Crippen LogP contribution in [-0.2, 0) is 0 Å². The van der Waals surface area contributed by atoms with E-state index in [-0.39, 0.29) is 0 Å². The Morgan fingerprint density at radius 3 is 2.57 bits per heavy atom. The van der Waals surface area contributed by atoms with Crippen LogP contribution >= 0.6 is 0 Å². The third-order valence-corrected chi connectivity index (χ3v) is 4.82. The van der Waals surface area contributed by atoms with Crippen molar-refractivity contribution in [3.05, 3.63) is 11.9 Å². The van der Waals surface area contributed by atoms with Gasteiger partial charge in [-0.1, -0.05) is 0 Å². The Morgan fingerprint density at radius 1 is 1.19 bits per heavy atom. The van der Waals surface area contributed by atoms with E-state index in [0.717, 1.165) is 36.2 Å². The van der Waals surface area contributed by atoms with Gasteiger partial charge in [0.1, 0.15) is 18.0 Å². The van der Waals surface area contributed by atoms with Crippen molar-refractivity contribution in [1.82, 2.24) is 14.9 Å². The Morgan fingerprint density at radius 2 is 1.90 bits per heavy atom. The normalized spacial score (nSPS) is 21.0. The fourth-order valence-corrected chi connectivity index (χ4v) is 3.56. The molecule has 0 aromatic carbocycles. The molecule has 3 rings (SSSR count). The number of nitrogen functional groups attached to an aromatic ring is 1. The topological polar surface area (TPSA) is 70.3 Å². The molecule has 1 aromatic rings. The SMILES string of the molecule is Cc1c(NN)ncnc1N1CCC(CN2CCCC2)CC1. The number of hydrogen-bond donors (Lipinski definition) is 2. The van der Waals surface area contributed by atoms with Crippen LogP contribution in [0.2, 0.25) is 0 Å². The number of anilines is 2. The highest BCUT2D eigenvalue weighted by Crippen LogP contribution is 2.27. The average molecular weight is 290 g/mol. The lowest BCUT2D eigenvalue weighted by Gasteiger charge is -2.35. The smallest absolute Gasteiger partial charge is 0.148 e. The summed E-state index contributed by atoms with van der Waals surface area (Å²) in [6.45, 7) is 8.08. The molecule has 3 heterocycles. The minimum absolute atomic E-state index is 0.721. The highest BCUT2D eigenvalue weighted by atomic mass is 15.3. The Labute approximate surface area is 126 Å². The summed E-state index contributed by atoms with van der Waals surface area (Å²) in [5.74, 6) is 8.09. The summed E-state index contributed by atoms with van der Waals surface area (Å²) in [6.07, 6.45) is 6.87. The molecular formula is C15H26N6. The molecule has 6 heteroatoms. The number of piperidine rings is 1. The quantitative estimate of drug-likeness (QED) is 0.645. The molecule has 116 valence electrons. The zero-order valence-corrected chi connectivity index (χ0v) is 12.9. The van der Waals surface area contributed by atoms with Crippen LogP contribution in [0.25, 0.3) is 0 Å². The molecule has 2 saturated heterocycles. The summed E-state index contributed by atoms with van der Waals surface area (Å²) in [6, 6.07) is 0. The third-order valence-electron chi connectivity index (χ3n) is 4.82. The minimum Gasteiger partial charge on any atom is -0.356 e. The lowest BCUT2D eigenvalue weighted by Crippen LogP contribution is -2.39. The predicted molar refractivity (Wildman–Crippen MR) is 85.2 cm³/mol. The molecule has 1 aromatic heterocycles. The maximum atomic E-state index is 5.50. The number of nitrogens with zero attached hydrogens (tertiary/aromatic N) is 4. The standard InChI is InChI=1S/C15H26N6/c1-12-14(19-16)17-11-18-15(12)21-8-4-13(5-9-21)10-20-6-2-3-7-20/h11,13H,2-10,16H2,1H3,(H,17,18,19). The molecule has 0 spiro atoms. The highest BCUT2D eigenvalue weighted by Gasteiger charge is 2.24. The van der Waals surface area contributed by atoms with E-state index < -0.39 is 0 Å². The van der Waals surface area contributed by atoms with Gasteiger partial charge in [-0.2, -0.15) is 0 Å². The third kappa shape index (κ3) is 3.27. The van der Waals surface area contributed by atoms with Gasteiger partial charge in [0.2, 0.25) is 0 Å². The van der Waals surface area contributed by atoms with Gasteiger partial charge in [-0.3, -0.25) is 0 Å². The van der Waals surface area contributed by atoms with Gasteiger partial charge in [0, 0.05) is 25.2 Å². The molecule has 0 saturated carbocycles. The largest absolute Gasteiger partial charge is 0.356 e. The summed E-state index contributed by atoms with van der Waals surface area (Å²) < 4.78 is 0. The monoisotopic (exact) mass is 290 g/mol. The number of hydrogen-bond acceptors (Lipinski definition) is 6. The van der Waals surface area contributed by atoms with E-state index in [1.807, 2.05) is 6.92 Å². The van der Waals surface area contributed by atoms with Crippen LogP contribution in [0.5, 0.6) is 0 Å². The number of nitrogens with one attached hydrogen (secondary N) is 1. The van der Waals surface area contributed by atoms with Crippen molar-refractivity contribution < 1.29 is 0 Å². The highest BCUT2D eigenvalue weighted by molar-refractivity contribution is 5.57. The molecule has 0 amide bonds. The van der Waals surface area contributed by atoms with Crippen LogP contribution in [0.3, 0.4) is 0 Å². The molecule has 3 N–H and O–H groups in total. The van der Waals surface area contributed by atoms with Gasteiger partial charge in [0.05, 0.1) is 0 Å². The molecule has 0 unspecified atom stereocenters. The number of likely N-dealkylation sites (tertiary alicyclic amines) is 1. The predicted octanol–water partition coefficient (Wildman–Crippen LogP) is 1.38. The average Bonchev–Trinajstić information content (AvgIpc) is 3.01. The molecule has 21 heavy (non-hydrogen) atoms. The van der Waals surface area contributed by atoms with E-state index in [0.29, 0.717) is 0 Å². The van der Waals surface area contributed by atoms with Gasteiger partial charge in [0.25, 0.3) is 0 Å². The van der Waals surface area contributed by atoms with Crippen LogP contribution in [0.4, 0.5) is 11.6 Å². The van der Waals surface area contributed by atoms with Gasteiger partial charge < -0.3 is 15.2 Å². The number of aromatic nitrogens is 2. The maximum absolute atomic E-state index is 5.50. The second-order valence-corrected chi connectivity index (χ2v) is 6.25. The summed E-state index contributed by atoms with van der Waals surface area (Å²) in [5, 5.41) is 0. The number of hydrazine groups is 1. The Kier molecular flexibility index (Phi) is 4.55. The van der Waals surface area contributed by atoms with Crippen molar-refractivity contribution in [3.63, 3.8) is 0 Å². The van der Waals surface area contributed by atoms with E-state index in [1.54, 1.807) is 6.33 Å². The van der Waals surface area contributed by atoms with Gasteiger partial charge in [0.15, 0.2) is 0 Å². The summed E-state index contributed by atoms with van der Waals surface area (Å²) in [7, 11) is 0. The molecule has 0 bridgehead atoms. The molecule has 2 fully saturated rings. The zero-order valence-electron chi connectivity index (χ0n) is 12.9. The molecular weight excluding hydrogens is 264 g/mol. The van der Waals surface area contributed by atoms with E-state index in [4.69, 9.17) is 5.84 Å². The molecule has 0 aliphatic carbocycles. The van der Waals surface area contributed by atoms with Crippen LogP contribution in [0.15, 0.2) is 6.33 Å². The molecule has 0 radical (unpaired) electrons. The van der Waals surface area contributed by atoms with Crippen molar-refractivity contribution in [1.29, 1.82) is 0 Å². The van der Waals surface area contributed by atoms with Crippen LogP contribution in [0.1, 0.15) is 31.2 Å². The summed E-state index contributed by atoms with van der Waals surface area (Å²) in [4.78, 5) is 13.6. The number of rotatable bonds is 4. The van der Waals surface area contributed by atoms with E-state index >= 15 is 0 Å². The van der Waals surface area contributed by atoms with E-state index in [1.165, 1.54) is 45.3 Å². The lowest BCUT2D eigenvalue weighted by atomic mass is 9.96. The Balaban J connectivity index is 1.58. The van der Waals surface area contributed by atoms with E-state index in [9.17, 15) is 0 Å². The Hall–Kier alpha value is -1.40. The fourth-order valence-electron chi connectivity index (χ4n) is 3.56. The van der Waals surface area contributed by atoms with Crippen molar-refractivity contribution in [3.8, 4) is 0 Å².